The summed E-state index contributed by atoms with van der Waals surface area (Å²) in [6, 6.07) is 13.6. The van der Waals surface area contributed by atoms with Crippen LogP contribution in [0.2, 0.25) is 0 Å². The van der Waals surface area contributed by atoms with E-state index < -0.39 is 17.9 Å². The highest BCUT2D eigenvalue weighted by Crippen LogP contribution is 2.51. The van der Waals surface area contributed by atoms with Gasteiger partial charge in [0.2, 0.25) is 11.8 Å². The molecule has 0 bridgehead atoms. The first-order valence-corrected chi connectivity index (χ1v) is 9.17. The van der Waals surface area contributed by atoms with E-state index in [1.54, 1.807) is 31.4 Å². The number of carbonyl (C=O) groups is 3. The highest BCUT2D eigenvalue weighted by molar-refractivity contribution is 6.12. The van der Waals surface area contributed by atoms with E-state index in [1.807, 2.05) is 41.4 Å². The van der Waals surface area contributed by atoms with Gasteiger partial charge in [0.1, 0.15) is 11.8 Å². The van der Waals surface area contributed by atoms with Gasteiger partial charge in [-0.2, -0.15) is 0 Å². The van der Waals surface area contributed by atoms with E-state index in [-0.39, 0.29) is 23.6 Å². The van der Waals surface area contributed by atoms with Crippen molar-refractivity contribution in [2.75, 3.05) is 7.11 Å². The first kappa shape index (κ1) is 16.7. The Morgan fingerprint density at radius 2 is 1.71 bits per heavy atom. The Bertz CT molecular complexity index is 1030. The molecule has 3 aliphatic heterocycles. The predicted molar refractivity (Wildman–Crippen MR) is 101 cm³/mol. The zero-order valence-corrected chi connectivity index (χ0v) is 15.2. The average molecular weight is 374 g/mol. The molecule has 0 saturated carbocycles. The first-order valence-electron chi connectivity index (χ1n) is 9.17. The molecule has 2 amide bonds. The summed E-state index contributed by atoms with van der Waals surface area (Å²) >= 11 is 0. The molecule has 6 heteroatoms. The van der Waals surface area contributed by atoms with Crippen molar-refractivity contribution >= 4 is 23.7 Å². The molecule has 0 spiro atoms. The van der Waals surface area contributed by atoms with Crippen molar-refractivity contribution in [3.63, 3.8) is 0 Å². The lowest BCUT2D eigenvalue weighted by Gasteiger charge is -2.34. The van der Waals surface area contributed by atoms with Gasteiger partial charge in [-0.1, -0.05) is 24.3 Å². The second-order valence-corrected chi connectivity index (χ2v) is 7.28. The molecule has 2 aromatic carbocycles. The van der Waals surface area contributed by atoms with Crippen LogP contribution in [0.5, 0.6) is 5.75 Å². The van der Waals surface area contributed by atoms with E-state index in [2.05, 4.69) is 5.32 Å². The summed E-state index contributed by atoms with van der Waals surface area (Å²) in [6.45, 7) is 0. The molecule has 6 nitrogen and oxygen atoms in total. The number of ether oxygens (including phenoxy) is 1. The van der Waals surface area contributed by atoms with Crippen molar-refractivity contribution in [3.05, 3.63) is 71.4 Å². The molecule has 5 rings (SSSR count). The van der Waals surface area contributed by atoms with Crippen molar-refractivity contribution < 1.29 is 19.1 Å². The quantitative estimate of drug-likeness (QED) is 0.658. The summed E-state index contributed by atoms with van der Waals surface area (Å²) in [5, 5.41) is 2.44. The standard InChI is InChI=1S/C22H18N2O4/c1-28-14-8-6-13(7-9-14)20(25)19-17-16(21(26)23-22(17)27)18-15-5-3-2-4-12(15)10-11-24(18)19/h2-11,16-19H,1H3,(H,23,26,27)/t16-,17+,18+,19-/m0/s1. The Labute approximate surface area is 161 Å². The molecule has 0 aliphatic carbocycles. The molecule has 2 aromatic rings. The number of hydrogen-bond donors (Lipinski definition) is 1. The molecule has 3 aliphatic rings. The molecule has 28 heavy (non-hydrogen) atoms. The summed E-state index contributed by atoms with van der Waals surface area (Å²) in [4.78, 5) is 40.5. The highest BCUT2D eigenvalue weighted by Gasteiger charge is 2.61. The Hall–Kier alpha value is -3.41. The zero-order valence-electron chi connectivity index (χ0n) is 15.2. The second-order valence-electron chi connectivity index (χ2n) is 7.28. The lowest BCUT2D eigenvalue weighted by Crippen LogP contribution is -2.42. The van der Waals surface area contributed by atoms with Gasteiger partial charge in [0.05, 0.1) is 25.0 Å². The van der Waals surface area contributed by atoms with Crippen LogP contribution in [0, 0.1) is 11.8 Å². The summed E-state index contributed by atoms with van der Waals surface area (Å²) < 4.78 is 5.16. The number of hydrogen-bond acceptors (Lipinski definition) is 5. The molecule has 0 radical (unpaired) electrons. The van der Waals surface area contributed by atoms with Gasteiger partial charge in [-0.15, -0.1) is 0 Å². The minimum absolute atomic E-state index is 0.172. The number of fused-ring (bicyclic) bond motifs is 5. The maximum Gasteiger partial charge on any atom is 0.233 e. The fourth-order valence-corrected chi connectivity index (χ4v) is 4.70. The third kappa shape index (κ3) is 2.24. The van der Waals surface area contributed by atoms with Crippen LogP contribution in [0.4, 0.5) is 0 Å². The lowest BCUT2D eigenvalue weighted by molar-refractivity contribution is -0.127. The van der Waals surface area contributed by atoms with Crippen LogP contribution >= 0.6 is 0 Å². The van der Waals surface area contributed by atoms with Crippen molar-refractivity contribution in [3.8, 4) is 5.75 Å². The number of imide groups is 1. The fraction of sp³-hybridized carbons (Fsp3) is 0.227. The number of nitrogens with one attached hydrogen (secondary N) is 1. The first-order chi connectivity index (χ1) is 13.6. The van der Waals surface area contributed by atoms with Crippen LogP contribution in [0.1, 0.15) is 27.5 Å². The molecule has 2 fully saturated rings. The second kappa shape index (κ2) is 6.05. The molecule has 4 atom stereocenters. The van der Waals surface area contributed by atoms with Crippen LogP contribution in [-0.2, 0) is 9.59 Å². The highest BCUT2D eigenvalue weighted by atomic mass is 16.5. The molecule has 1 N–H and O–H groups in total. The van der Waals surface area contributed by atoms with Gasteiger partial charge in [-0.3, -0.25) is 19.7 Å². The Balaban J connectivity index is 1.61. The minimum atomic E-state index is -0.723. The van der Waals surface area contributed by atoms with E-state index in [0.717, 1.165) is 11.1 Å². The number of amides is 2. The third-order valence-corrected chi connectivity index (χ3v) is 5.95. The van der Waals surface area contributed by atoms with E-state index in [4.69, 9.17) is 4.74 Å². The number of methoxy groups -OCH3 is 1. The van der Waals surface area contributed by atoms with Crippen molar-refractivity contribution in [1.82, 2.24) is 10.2 Å². The average Bonchev–Trinajstić information content (AvgIpc) is 3.22. The molecule has 2 saturated heterocycles. The summed E-state index contributed by atoms with van der Waals surface area (Å²) in [5.74, 6) is -1.48. The molecule has 3 heterocycles. The number of ketones is 1. The van der Waals surface area contributed by atoms with Crippen LogP contribution in [0.25, 0.3) is 6.08 Å². The predicted octanol–water partition coefficient (Wildman–Crippen LogP) is 2.18. The molecular formula is C22H18N2O4. The van der Waals surface area contributed by atoms with Gasteiger partial charge in [0.15, 0.2) is 5.78 Å². The molecular weight excluding hydrogens is 356 g/mol. The Morgan fingerprint density at radius 1 is 1.00 bits per heavy atom. The Morgan fingerprint density at radius 3 is 2.46 bits per heavy atom. The van der Waals surface area contributed by atoms with E-state index in [9.17, 15) is 14.4 Å². The summed E-state index contributed by atoms with van der Waals surface area (Å²) in [7, 11) is 1.56. The third-order valence-electron chi connectivity index (χ3n) is 5.95. The van der Waals surface area contributed by atoms with E-state index in [1.165, 1.54) is 0 Å². The fourth-order valence-electron chi connectivity index (χ4n) is 4.70. The van der Waals surface area contributed by atoms with Gasteiger partial charge in [0, 0.05) is 11.8 Å². The largest absolute Gasteiger partial charge is 0.497 e. The van der Waals surface area contributed by atoms with Crippen molar-refractivity contribution in [1.29, 1.82) is 0 Å². The summed E-state index contributed by atoms with van der Waals surface area (Å²) in [6.07, 6.45) is 3.78. The minimum Gasteiger partial charge on any atom is -0.497 e. The monoisotopic (exact) mass is 374 g/mol. The van der Waals surface area contributed by atoms with Crippen LogP contribution < -0.4 is 10.1 Å². The number of carbonyl (C=O) groups excluding carboxylic acids is 3. The van der Waals surface area contributed by atoms with Gasteiger partial charge >= 0.3 is 0 Å². The zero-order chi connectivity index (χ0) is 19.4. The number of rotatable bonds is 3. The van der Waals surface area contributed by atoms with Crippen LogP contribution in [0.3, 0.4) is 0 Å². The van der Waals surface area contributed by atoms with E-state index in [0.29, 0.717) is 11.3 Å². The van der Waals surface area contributed by atoms with Gasteiger partial charge in [-0.25, -0.2) is 0 Å². The van der Waals surface area contributed by atoms with E-state index >= 15 is 0 Å². The van der Waals surface area contributed by atoms with Crippen LogP contribution in [0.15, 0.2) is 54.7 Å². The topological polar surface area (TPSA) is 75.7 Å². The maximum absolute atomic E-state index is 13.4. The van der Waals surface area contributed by atoms with Crippen molar-refractivity contribution in [2.45, 2.75) is 12.1 Å². The van der Waals surface area contributed by atoms with Gasteiger partial charge < -0.3 is 9.64 Å². The molecule has 0 unspecified atom stereocenters. The normalized spacial score (nSPS) is 27.1. The number of Topliss-reactive ketones (excluding diaryl/α,β-unsaturated/α-hetero) is 1. The van der Waals surface area contributed by atoms with Crippen LogP contribution in [-0.4, -0.2) is 35.6 Å². The summed E-state index contributed by atoms with van der Waals surface area (Å²) in [5.41, 5.74) is 2.46. The lowest BCUT2D eigenvalue weighted by atomic mass is 9.83. The number of benzene rings is 2. The van der Waals surface area contributed by atoms with Gasteiger partial charge in [0.25, 0.3) is 0 Å². The molecule has 0 aromatic heterocycles. The molecule has 140 valence electrons. The smallest absolute Gasteiger partial charge is 0.233 e. The SMILES string of the molecule is COc1ccc(C(=O)[C@@H]2[C@@H]3C(=O)NC(=O)[C@@H]3[C@H]3c4ccccc4C=CN23)cc1. The maximum atomic E-state index is 13.4. The van der Waals surface area contributed by atoms with Gasteiger partial charge in [-0.05, 0) is 41.5 Å². The Kier molecular flexibility index (Phi) is 3.62. The van der Waals surface area contributed by atoms with Crippen molar-refractivity contribution in [2.24, 2.45) is 11.8 Å². The number of nitrogens with zero attached hydrogens (tertiary/aromatic N) is 1.